The van der Waals surface area contributed by atoms with E-state index in [2.05, 4.69) is 43.9 Å². The van der Waals surface area contributed by atoms with Gasteiger partial charge in [0, 0.05) is 15.2 Å². The molecule has 3 atom stereocenters. The maximum Gasteiger partial charge on any atom is 0.118 e. The second-order valence-electron chi connectivity index (χ2n) is 7.61. The molecule has 1 aliphatic rings. The van der Waals surface area contributed by atoms with Gasteiger partial charge in [-0.2, -0.15) is 0 Å². The number of methoxy groups -OCH3 is 2. The standard InChI is InChI=1S/C18H30O2Si/c1-19-17-10-7-14(8-11-17)6-9-15-12-16(18(15)20-2)13-21(3,4)5/h7-8,10-11,15-16,18H,6,9,12-13H2,1-5H3/t15-,16?,18?/m1/s1. The van der Waals surface area contributed by atoms with E-state index in [1.54, 1.807) is 7.11 Å². The van der Waals surface area contributed by atoms with Crippen LogP contribution in [0.3, 0.4) is 0 Å². The summed E-state index contributed by atoms with van der Waals surface area (Å²) in [6.07, 6.45) is 4.25. The average molecular weight is 307 g/mol. The van der Waals surface area contributed by atoms with Crippen LogP contribution in [0, 0.1) is 11.8 Å². The summed E-state index contributed by atoms with van der Waals surface area (Å²) in [5.74, 6) is 2.49. The van der Waals surface area contributed by atoms with Crippen LogP contribution in [0.25, 0.3) is 0 Å². The van der Waals surface area contributed by atoms with Crippen molar-refractivity contribution in [2.75, 3.05) is 14.2 Å². The van der Waals surface area contributed by atoms with Crippen molar-refractivity contribution in [3.63, 3.8) is 0 Å². The number of hydrogen-bond donors (Lipinski definition) is 0. The molecular formula is C18H30O2Si. The van der Waals surface area contributed by atoms with E-state index < -0.39 is 8.07 Å². The molecule has 2 unspecified atom stereocenters. The van der Waals surface area contributed by atoms with Gasteiger partial charge in [-0.1, -0.05) is 37.8 Å². The third-order valence-electron chi connectivity index (χ3n) is 4.64. The smallest absolute Gasteiger partial charge is 0.118 e. The lowest BCUT2D eigenvalue weighted by atomic mass is 9.70. The molecule has 1 fully saturated rings. The third kappa shape index (κ3) is 4.58. The molecule has 0 spiro atoms. The molecule has 0 amide bonds. The first-order chi connectivity index (χ1) is 9.93. The van der Waals surface area contributed by atoms with Crippen molar-refractivity contribution in [1.29, 1.82) is 0 Å². The molecule has 0 saturated heterocycles. The van der Waals surface area contributed by atoms with Crippen LogP contribution in [0.5, 0.6) is 5.75 Å². The lowest BCUT2D eigenvalue weighted by molar-refractivity contribution is -0.0674. The zero-order valence-electron chi connectivity index (χ0n) is 14.2. The molecule has 0 aromatic heterocycles. The Bertz CT molecular complexity index is 436. The van der Waals surface area contributed by atoms with Gasteiger partial charge < -0.3 is 9.47 Å². The first-order valence-electron chi connectivity index (χ1n) is 8.08. The second kappa shape index (κ2) is 6.97. The highest BCUT2D eigenvalue weighted by molar-refractivity contribution is 6.76. The summed E-state index contributed by atoms with van der Waals surface area (Å²) in [7, 11) is 2.63. The molecular weight excluding hydrogens is 276 g/mol. The Morgan fingerprint density at radius 3 is 2.24 bits per heavy atom. The van der Waals surface area contributed by atoms with E-state index in [4.69, 9.17) is 9.47 Å². The molecule has 118 valence electrons. The Labute approximate surface area is 130 Å². The van der Waals surface area contributed by atoms with E-state index in [0.717, 1.165) is 24.0 Å². The Morgan fingerprint density at radius 2 is 1.71 bits per heavy atom. The summed E-state index contributed by atoms with van der Waals surface area (Å²) >= 11 is 0. The highest BCUT2D eigenvalue weighted by Crippen LogP contribution is 2.43. The fourth-order valence-corrected chi connectivity index (χ4v) is 5.62. The number of aryl methyl sites for hydroxylation is 1. The van der Waals surface area contributed by atoms with Gasteiger partial charge >= 0.3 is 0 Å². The summed E-state index contributed by atoms with van der Waals surface area (Å²) < 4.78 is 11.0. The zero-order valence-corrected chi connectivity index (χ0v) is 15.2. The molecule has 1 aliphatic carbocycles. The predicted octanol–water partition coefficient (Wildman–Crippen LogP) is 4.62. The fraction of sp³-hybridized carbons (Fsp3) is 0.667. The topological polar surface area (TPSA) is 18.5 Å². The first kappa shape index (κ1) is 16.6. The highest BCUT2D eigenvalue weighted by Gasteiger charge is 2.42. The van der Waals surface area contributed by atoms with E-state index in [0.29, 0.717) is 6.10 Å². The lowest BCUT2D eigenvalue weighted by Gasteiger charge is -2.46. The Kier molecular flexibility index (Phi) is 5.50. The van der Waals surface area contributed by atoms with Crippen LogP contribution in [0.15, 0.2) is 24.3 Å². The summed E-state index contributed by atoms with van der Waals surface area (Å²) in [6, 6.07) is 9.87. The van der Waals surface area contributed by atoms with Crippen molar-refractivity contribution in [3.8, 4) is 5.75 Å². The molecule has 0 heterocycles. The van der Waals surface area contributed by atoms with E-state index in [9.17, 15) is 0 Å². The lowest BCUT2D eigenvalue weighted by Crippen LogP contribution is -2.46. The summed E-state index contributed by atoms with van der Waals surface area (Å²) in [4.78, 5) is 0. The summed E-state index contributed by atoms with van der Waals surface area (Å²) in [5, 5.41) is 0. The maximum absolute atomic E-state index is 5.78. The van der Waals surface area contributed by atoms with Crippen LogP contribution in [-0.4, -0.2) is 28.4 Å². The Hall–Kier alpha value is -0.803. The van der Waals surface area contributed by atoms with Crippen molar-refractivity contribution >= 4 is 8.07 Å². The molecule has 0 N–H and O–H groups in total. The van der Waals surface area contributed by atoms with Crippen molar-refractivity contribution in [2.24, 2.45) is 11.8 Å². The molecule has 1 aromatic carbocycles. The normalized spacial score (nSPS) is 25.5. The SMILES string of the molecule is COc1ccc(CC[C@@H]2CC(C[Si](C)(C)C)C2OC)cc1. The van der Waals surface area contributed by atoms with E-state index in [1.807, 2.05) is 7.11 Å². The van der Waals surface area contributed by atoms with Gasteiger partial charge in [0.1, 0.15) is 5.75 Å². The fourth-order valence-electron chi connectivity index (χ4n) is 3.64. The van der Waals surface area contributed by atoms with E-state index in [-0.39, 0.29) is 0 Å². The molecule has 2 nitrogen and oxygen atoms in total. The number of rotatable bonds is 7. The Balaban J connectivity index is 1.81. The largest absolute Gasteiger partial charge is 0.497 e. The molecule has 2 rings (SSSR count). The van der Waals surface area contributed by atoms with Crippen molar-refractivity contribution < 1.29 is 9.47 Å². The van der Waals surface area contributed by atoms with Crippen LogP contribution >= 0.6 is 0 Å². The van der Waals surface area contributed by atoms with Crippen LogP contribution in [0.2, 0.25) is 25.7 Å². The van der Waals surface area contributed by atoms with Gasteiger partial charge in [-0.25, -0.2) is 0 Å². The van der Waals surface area contributed by atoms with Crippen molar-refractivity contribution in [2.45, 2.75) is 51.1 Å². The third-order valence-corrected chi connectivity index (χ3v) is 6.39. The zero-order chi connectivity index (χ0) is 15.5. The van der Waals surface area contributed by atoms with Gasteiger partial charge in [0.25, 0.3) is 0 Å². The average Bonchev–Trinajstić information content (AvgIpc) is 2.42. The van der Waals surface area contributed by atoms with Gasteiger partial charge in [0.2, 0.25) is 0 Å². The number of ether oxygens (including phenoxy) is 2. The molecule has 0 bridgehead atoms. The minimum absolute atomic E-state index is 0.495. The minimum Gasteiger partial charge on any atom is -0.497 e. The second-order valence-corrected chi connectivity index (χ2v) is 13.1. The molecule has 3 heteroatoms. The van der Waals surface area contributed by atoms with Crippen LogP contribution in [0.1, 0.15) is 18.4 Å². The Morgan fingerprint density at radius 1 is 1.05 bits per heavy atom. The van der Waals surface area contributed by atoms with Gasteiger partial charge in [0.05, 0.1) is 13.2 Å². The predicted molar refractivity (Wildman–Crippen MR) is 91.9 cm³/mol. The molecule has 0 radical (unpaired) electrons. The van der Waals surface area contributed by atoms with Crippen LogP contribution < -0.4 is 4.74 Å². The van der Waals surface area contributed by atoms with Gasteiger partial charge in [-0.3, -0.25) is 0 Å². The van der Waals surface area contributed by atoms with Crippen molar-refractivity contribution in [3.05, 3.63) is 29.8 Å². The van der Waals surface area contributed by atoms with E-state index in [1.165, 1.54) is 24.4 Å². The van der Waals surface area contributed by atoms with Gasteiger partial charge in [-0.15, -0.1) is 0 Å². The maximum atomic E-state index is 5.78. The quantitative estimate of drug-likeness (QED) is 0.685. The molecule has 1 aromatic rings. The van der Waals surface area contributed by atoms with Gasteiger partial charge in [-0.05, 0) is 48.8 Å². The van der Waals surface area contributed by atoms with Crippen LogP contribution in [0.4, 0.5) is 0 Å². The summed E-state index contributed by atoms with van der Waals surface area (Å²) in [6.45, 7) is 7.39. The molecule has 21 heavy (non-hydrogen) atoms. The number of benzene rings is 1. The minimum atomic E-state index is -0.969. The monoisotopic (exact) mass is 306 g/mol. The molecule has 0 aliphatic heterocycles. The first-order valence-corrected chi connectivity index (χ1v) is 11.8. The number of hydrogen-bond acceptors (Lipinski definition) is 2. The molecule has 1 saturated carbocycles. The van der Waals surface area contributed by atoms with Crippen molar-refractivity contribution in [1.82, 2.24) is 0 Å². The van der Waals surface area contributed by atoms with E-state index >= 15 is 0 Å². The highest BCUT2D eigenvalue weighted by atomic mass is 28.3. The summed E-state index contributed by atoms with van der Waals surface area (Å²) in [5.41, 5.74) is 1.40. The van der Waals surface area contributed by atoms with Crippen LogP contribution in [-0.2, 0) is 11.2 Å². The van der Waals surface area contributed by atoms with Gasteiger partial charge in [0.15, 0.2) is 0 Å².